The second-order valence-electron chi connectivity index (χ2n) is 6.46. The van der Waals surface area contributed by atoms with E-state index in [-0.39, 0.29) is 5.57 Å². The molecule has 0 unspecified atom stereocenters. The molecule has 5 nitrogen and oxygen atoms in total. The Morgan fingerprint density at radius 1 is 1.03 bits per heavy atom. The summed E-state index contributed by atoms with van der Waals surface area (Å²) in [5.41, 5.74) is 1.98. The number of ether oxygens (including phenoxy) is 2. The molecule has 1 N–H and O–H groups in total. The number of benzene rings is 3. The van der Waals surface area contributed by atoms with Gasteiger partial charge in [0, 0.05) is 15.7 Å². The molecule has 0 aliphatic heterocycles. The SMILES string of the molecule is COc1cc(/C=C(\C#N)C(=O)Nc2cccc(Cl)c2)ccc1OCc1cccc(Cl)c1. The van der Waals surface area contributed by atoms with Crippen molar-refractivity contribution in [2.45, 2.75) is 6.61 Å². The molecular formula is C24H18Cl2N2O3. The van der Waals surface area contributed by atoms with Crippen molar-refractivity contribution in [3.05, 3.63) is 93.5 Å². The van der Waals surface area contributed by atoms with Crippen LogP contribution in [0.3, 0.4) is 0 Å². The summed E-state index contributed by atoms with van der Waals surface area (Å²) in [6.07, 6.45) is 1.48. The van der Waals surface area contributed by atoms with Crippen molar-refractivity contribution in [2.75, 3.05) is 12.4 Å². The molecule has 0 aromatic heterocycles. The molecule has 0 spiro atoms. The minimum atomic E-state index is -0.537. The molecule has 0 radical (unpaired) electrons. The minimum absolute atomic E-state index is 0.0605. The van der Waals surface area contributed by atoms with E-state index in [9.17, 15) is 10.1 Å². The van der Waals surface area contributed by atoms with Gasteiger partial charge in [-0.2, -0.15) is 5.26 Å². The third-order valence-electron chi connectivity index (χ3n) is 4.23. The first-order chi connectivity index (χ1) is 15.0. The number of amides is 1. The quantitative estimate of drug-likeness (QED) is 0.345. The monoisotopic (exact) mass is 452 g/mol. The molecular weight excluding hydrogens is 435 g/mol. The van der Waals surface area contributed by atoms with E-state index in [0.29, 0.717) is 39.4 Å². The van der Waals surface area contributed by atoms with Gasteiger partial charge in [0.2, 0.25) is 0 Å². The lowest BCUT2D eigenvalue weighted by Gasteiger charge is -2.12. The average Bonchev–Trinajstić information content (AvgIpc) is 2.76. The largest absolute Gasteiger partial charge is 0.493 e. The van der Waals surface area contributed by atoms with Gasteiger partial charge in [0.25, 0.3) is 5.91 Å². The van der Waals surface area contributed by atoms with Crippen molar-refractivity contribution in [1.29, 1.82) is 5.26 Å². The Labute approximate surface area is 190 Å². The first kappa shape index (κ1) is 22.2. The Kier molecular flexibility index (Phi) is 7.55. The summed E-state index contributed by atoms with van der Waals surface area (Å²) in [4.78, 5) is 12.5. The fraction of sp³-hybridized carbons (Fsp3) is 0.0833. The van der Waals surface area contributed by atoms with E-state index >= 15 is 0 Å². The van der Waals surface area contributed by atoms with E-state index in [1.54, 1.807) is 48.5 Å². The molecule has 0 fully saturated rings. The van der Waals surface area contributed by atoms with Gasteiger partial charge in [0.15, 0.2) is 11.5 Å². The Hall–Kier alpha value is -3.46. The fourth-order valence-corrected chi connectivity index (χ4v) is 3.16. The summed E-state index contributed by atoms with van der Waals surface area (Å²) >= 11 is 11.9. The number of hydrogen-bond donors (Lipinski definition) is 1. The highest BCUT2D eigenvalue weighted by Gasteiger charge is 2.12. The Morgan fingerprint density at radius 2 is 1.77 bits per heavy atom. The van der Waals surface area contributed by atoms with Crippen molar-refractivity contribution < 1.29 is 14.3 Å². The second-order valence-corrected chi connectivity index (χ2v) is 7.34. The summed E-state index contributed by atoms with van der Waals surface area (Å²) in [6, 6.07) is 21.1. The lowest BCUT2D eigenvalue weighted by atomic mass is 10.1. The van der Waals surface area contributed by atoms with Crippen LogP contribution in [0.2, 0.25) is 10.0 Å². The van der Waals surface area contributed by atoms with Crippen LogP contribution < -0.4 is 14.8 Å². The zero-order chi connectivity index (χ0) is 22.2. The molecule has 0 atom stereocenters. The summed E-state index contributed by atoms with van der Waals surface area (Å²) < 4.78 is 11.2. The van der Waals surface area contributed by atoms with Crippen LogP contribution in [0.15, 0.2) is 72.3 Å². The predicted octanol–water partition coefficient (Wildman–Crippen LogP) is 6.13. The third kappa shape index (κ3) is 6.26. The number of hydrogen-bond acceptors (Lipinski definition) is 4. The number of carbonyl (C=O) groups is 1. The van der Waals surface area contributed by atoms with Crippen LogP contribution >= 0.6 is 23.2 Å². The number of rotatable bonds is 7. The van der Waals surface area contributed by atoms with Crippen LogP contribution in [-0.2, 0) is 11.4 Å². The summed E-state index contributed by atoms with van der Waals surface area (Å²) in [6.45, 7) is 0.317. The first-order valence-electron chi connectivity index (χ1n) is 9.22. The van der Waals surface area contributed by atoms with E-state index in [1.165, 1.54) is 13.2 Å². The van der Waals surface area contributed by atoms with E-state index in [0.717, 1.165) is 5.56 Å². The molecule has 0 saturated carbocycles. The Bertz CT molecular complexity index is 1170. The smallest absolute Gasteiger partial charge is 0.266 e. The van der Waals surface area contributed by atoms with E-state index < -0.39 is 5.91 Å². The third-order valence-corrected chi connectivity index (χ3v) is 4.70. The van der Waals surface area contributed by atoms with Crippen molar-refractivity contribution in [3.63, 3.8) is 0 Å². The standard InChI is InChI=1S/C24H18Cl2N2O3/c1-30-23-12-16(8-9-22(23)31-15-17-4-2-5-19(25)11-17)10-18(14-27)24(29)28-21-7-3-6-20(26)13-21/h2-13H,15H2,1H3,(H,28,29)/b18-10+. The summed E-state index contributed by atoms with van der Waals surface area (Å²) in [7, 11) is 1.52. The van der Waals surface area contributed by atoms with Crippen LogP contribution in [0.5, 0.6) is 11.5 Å². The number of halogens is 2. The molecule has 0 aliphatic rings. The lowest BCUT2D eigenvalue weighted by Crippen LogP contribution is -2.13. The number of nitrogens with one attached hydrogen (secondary N) is 1. The van der Waals surface area contributed by atoms with Gasteiger partial charge in [-0.1, -0.05) is 47.5 Å². The Balaban J connectivity index is 1.75. The number of nitrogens with zero attached hydrogens (tertiary/aromatic N) is 1. The molecule has 3 aromatic rings. The fourth-order valence-electron chi connectivity index (χ4n) is 2.76. The number of anilines is 1. The molecule has 3 rings (SSSR count). The van der Waals surface area contributed by atoms with Gasteiger partial charge < -0.3 is 14.8 Å². The van der Waals surface area contributed by atoms with Crippen molar-refractivity contribution in [1.82, 2.24) is 0 Å². The molecule has 0 heterocycles. The predicted molar refractivity (Wildman–Crippen MR) is 122 cm³/mol. The maximum atomic E-state index is 12.5. The molecule has 7 heteroatoms. The zero-order valence-corrected chi connectivity index (χ0v) is 18.1. The van der Waals surface area contributed by atoms with E-state index in [1.807, 2.05) is 24.3 Å². The van der Waals surface area contributed by atoms with Gasteiger partial charge in [-0.25, -0.2) is 0 Å². The number of nitriles is 1. The van der Waals surface area contributed by atoms with Gasteiger partial charge in [-0.05, 0) is 59.7 Å². The maximum absolute atomic E-state index is 12.5. The highest BCUT2D eigenvalue weighted by molar-refractivity contribution is 6.31. The molecule has 156 valence electrons. The molecule has 0 bridgehead atoms. The molecule has 3 aromatic carbocycles. The van der Waals surface area contributed by atoms with Crippen LogP contribution in [0.4, 0.5) is 5.69 Å². The summed E-state index contributed by atoms with van der Waals surface area (Å²) in [5.74, 6) is 0.467. The van der Waals surface area contributed by atoms with E-state index in [4.69, 9.17) is 32.7 Å². The van der Waals surface area contributed by atoms with Crippen LogP contribution in [-0.4, -0.2) is 13.0 Å². The molecule has 31 heavy (non-hydrogen) atoms. The van der Waals surface area contributed by atoms with Crippen LogP contribution in [0.25, 0.3) is 6.08 Å². The highest BCUT2D eigenvalue weighted by Crippen LogP contribution is 2.30. The lowest BCUT2D eigenvalue weighted by molar-refractivity contribution is -0.112. The zero-order valence-electron chi connectivity index (χ0n) is 16.6. The van der Waals surface area contributed by atoms with Gasteiger partial charge >= 0.3 is 0 Å². The van der Waals surface area contributed by atoms with Gasteiger partial charge in [0.1, 0.15) is 18.2 Å². The normalized spacial score (nSPS) is 10.8. The van der Waals surface area contributed by atoms with Crippen molar-refractivity contribution in [2.24, 2.45) is 0 Å². The molecule has 1 amide bonds. The van der Waals surface area contributed by atoms with E-state index in [2.05, 4.69) is 5.32 Å². The van der Waals surface area contributed by atoms with Crippen LogP contribution in [0.1, 0.15) is 11.1 Å². The molecule has 0 aliphatic carbocycles. The molecule has 0 saturated heterocycles. The van der Waals surface area contributed by atoms with Gasteiger partial charge in [0.05, 0.1) is 7.11 Å². The van der Waals surface area contributed by atoms with Gasteiger partial charge in [-0.15, -0.1) is 0 Å². The van der Waals surface area contributed by atoms with Crippen molar-refractivity contribution >= 4 is 40.9 Å². The second kappa shape index (κ2) is 10.5. The average molecular weight is 453 g/mol. The topological polar surface area (TPSA) is 71.3 Å². The van der Waals surface area contributed by atoms with Crippen molar-refractivity contribution in [3.8, 4) is 17.6 Å². The minimum Gasteiger partial charge on any atom is -0.493 e. The highest BCUT2D eigenvalue weighted by atomic mass is 35.5. The number of methoxy groups -OCH3 is 1. The Morgan fingerprint density at radius 3 is 2.45 bits per heavy atom. The first-order valence-corrected chi connectivity index (χ1v) is 9.98. The van der Waals surface area contributed by atoms with Gasteiger partial charge in [-0.3, -0.25) is 4.79 Å². The maximum Gasteiger partial charge on any atom is 0.266 e. The summed E-state index contributed by atoms with van der Waals surface area (Å²) in [5, 5.41) is 13.2. The number of carbonyl (C=O) groups excluding carboxylic acids is 1. The van der Waals surface area contributed by atoms with Crippen LogP contribution in [0, 0.1) is 11.3 Å².